The number of nitrogens with zero attached hydrogens (tertiary/aromatic N) is 2. The van der Waals surface area contributed by atoms with E-state index in [2.05, 4.69) is 15.5 Å². The molecule has 7 heteroatoms. The number of nitrogens with one attached hydrogen (secondary N) is 1. The predicted molar refractivity (Wildman–Crippen MR) is 77.1 cm³/mol. The van der Waals surface area contributed by atoms with Gasteiger partial charge in [-0.1, -0.05) is 11.3 Å². The van der Waals surface area contributed by atoms with E-state index in [1.54, 1.807) is 13.2 Å². The molecule has 0 unspecified atom stereocenters. The van der Waals surface area contributed by atoms with Crippen molar-refractivity contribution in [2.45, 2.75) is 6.42 Å². The molecule has 2 aromatic rings. The van der Waals surface area contributed by atoms with Gasteiger partial charge in [0.1, 0.15) is 10.0 Å². The zero-order chi connectivity index (χ0) is 14.4. The molecule has 0 aliphatic rings. The second kappa shape index (κ2) is 7.18. The van der Waals surface area contributed by atoms with Crippen molar-refractivity contribution in [3.8, 4) is 22.1 Å². The lowest BCUT2D eigenvalue weighted by atomic mass is 10.2. The van der Waals surface area contributed by atoms with Crippen LogP contribution in [0.4, 0.5) is 0 Å². The third-order valence-corrected chi connectivity index (χ3v) is 3.72. The lowest BCUT2D eigenvalue weighted by Gasteiger charge is -2.01. The summed E-state index contributed by atoms with van der Waals surface area (Å²) in [6.45, 7) is 2.32. The van der Waals surface area contributed by atoms with E-state index < -0.39 is 0 Å². The van der Waals surface area contributed by atoms with Gasteiger partial charge >= 0.3 is 0 Å². The second-order valence-electron chi connectivity index (χ2n) is 4.20. The first-order chi connectivity index (χ1) is 9.70. The average molecular weight is 295 g/mol. The smallest absolute Gasteiger partial charge is 0.158 e. The fraction of sp³-hybridized carbons (Fsp3) is 0.385. The Morgan fingerprint density at radius 2 is 2.05 bits per heavy atom. The molecule has 0 fully saturated rings. The monoisotopic (exact) mass is 295 g/mol. The first kappa shape index (κ1) is 14.7. The molecule has 1 heterocycles. The van der Waals surface area contributed by atoms with Crippen LogP contribution in [0.2, 0.25) is 0 Å². The molecule has 0 saturated heterocycles. The lowest BCUT2D eigenvalue weighted by molar-refractivity contribution is 0.199. The molecule has 0 spiro atoms. The van der Waals surface area contributed by atoms with Gasteiger partial charge in [0.25, 0.3) is 0 Å². The normalized spacial score (nSPS) is 10.8. The van der Waals surface area contributed by atoms with E-state index in [9.17, 15) is 10.2 Å². The van der Waals surface area contributed by atoms with Crippen LogP contribution in [0, 0.1) is 0 Å². The van der Waals surface area contributed by atoms with Crippen molar-refractivity contribution < 1.29 is 14.9 Å². The number of phenolic OH excluding ortho intramolecular Hbond substituents is 2. The molecule has 0 radical (unpaired) electrons. The molecule has 0 atom stereocenters. The minimum atomic E-state index is -0.152. The topological polar surface area (TPSA) is 87.5 Å². The quantitative estimate of drug-likeness (QED) is 0.528. The number of rotatable bonds is 7. The summed E-state index contributed by atoms with van der Waals surface area (Å²) in [5.41, 5.74) is 0.747. The highest BCUT2D eigenvalue weighted by atomic mass is 32.1. The van der Waals surface area contributed by atoms with Crippen molar-refractivity contribution in [2.75, 3.05) is 26.8 Å². The summed E-state index contributed by atoms with van der Waals surface area (Å²) in [4.78, 5) is 0. The van der Waals surface area contributed by atoms with E-state index in [-0.39, 0.29) is 11.5 Å². The van der Waals surface area contributed by atoms with E-state index in [1.807, 2.05) is 0 Å². The van der Waals surface area contributed by atoms with Gasteiger partial charge in [-0.2, -0.15) is 0 Å². The largest absolute Gasteiger partial charge is 0.504 e. The lowest BCUT2D eigenvalue weighted by Crippen LogP contribution is -2.21. The number of aromatic hydroxyl groups is 2. The van der Waals surface area contributed by atoms with Gasteiger partial charge in [-0.25, -0.2) is 0 Å². The van der Waals surface area contributed by atoms with Crippen molar-refractivity contribution in [1.82, 2.24) is 15.5 Å². The third kappa shape index (κ3) is 3.89. The number of methoxy groups -OCH3 is 1. The molecular weight excluding hydrogens is 278 g/mol. The molecule has 0 amide bonds. The van der Waals surface area contributed by atoms with E-state index in [0.29, 0.717) is 6.61 Å². The van der Waals surface area contributed by atoms with E-state index in [1.165, 1.54) is 23.5 Å². The van der Waals surface area contributed by atoms with Crippen LogP contribution in [0.1, 0.15) is 5.01 Å². The molecule has 3 N–H and O–H groups in total. The van der Waals surface area contributed by atoms with Gasteiger partial charge in [-0.15, -0.1) is 10.2 Å². The Hall–Kier alpha value is -1.70. The summed E-state index contributed by atoms with van der Waals surface area (Å²) >= 11 is 1.48. The van der Waals surface area contributed by atoms with Gasteiger partial charge in [0, 0.05) is 32.2 Å². The maximum atomic E-state index is 9.48. The Morgan fingerprint density at radius 1 is 1.20 bits per heavy atom. The summed E-state index contributed by atoms with van der Waals surface area (Å²) in [6.07, 6.45) is 0.797. The van der Waals surface area contributed by atoms with Crippen LogP contribution in [0.15, 0.2) is 18.2 Å². The number of benzene rings is 1. The van der Waals surface area contributed by atoms with Gasteiger partial charge in [0.05, 0.1) is 6.61 Å². The number of hydrogen-bond acceptors (Lipinski definition) is 7. The zero-order valence-electron chi connectivity index (χ0n) is 11.2. The number of phenols is 2. The van der Waals surface area contributed by atoms with Crippen LogP contribution in [0.3, 0.4) is 0 Å². The third-order valence-electron chi connectivity index (χ3n) is 2.69. The zero-order valence-corrected chi connectivity index (χ0v) is 12.0. The first-order valence-electron chi connectivity index (χ1n) is 6.25. The summed E-state index contributed by atoms with van der Waals surface area (Å²) in [7, 11) is 1.67. The Kier molecular flexibility index (Phi) is 5.28. The summed E-state index contributed by atoms with van der Waals surface area (Å²) in [5.74, 6) is -0.290. The SMILES string of the molecule is COCCNCCc1nnc(-c2ccc(O)c(O)c2)s1. The van der Waals surface area contributed by atoms with Crippen LogP contribution in [0.5, 0.6) is 11.5 Å². The van der Waals surface area contributed by atoms with Crippen LogP contribution in [-0.4, -0.2) is 47.2 Å². The number of aromatic nitrogens is 2. The summed E-state index contributed by atoms with van der Waals surface area (Å²) < 4.78 is 4.94. The summed E-state index contributed by atoms with van der Waals surface area (Å²) in [5, 5.41) is 31.9. The minimum Gasteiger partial charge on any atom is -0.504 e. The van der Waals surface area contributed by atoms with E-state index in [0.717, 1.165) is 35.1 Å². The fourth-order valence-corrected chi connectivity index (χ4v) is 2.46. The van der Waals surface area contributed by atoms with Crippen molar-refractivity contribution in [3.05, 3.63) is 23.2 Å². The number of ether oxygens (including phenoxy) is 1. The van der Waals surface area contributed by atoms with Crippen molar-refractivity contribution in [2.24, 2.45) is 0 Å². The molecular formula is C13H17N3O3S. The highest BCUT2D eigenvalue weighted by molar-refractivity contribution is 7.14. The first-order valence-corrected chi connectivity index (χ1v) is 7.06. The molecule has 0 aliphatic heterocycles. The van der Waals surface area contributed by atoms with Gasteiger partial charge in [-0.3, -0.25) is 0 Å². The van der Waals surface area contributed by atoms with Crippen molar-refractivity contribution >= 4 is 11.3 Å². The predicted octanol–water partition coefficient (Wildman–Crippen LogP) is 1.39. The maximum absolute atomic E-state index is 9.48. The molecule has 0 bridgehead atoms. The fourth-order valence-electron chi connectivity index (χ4n) is 1.62. The highest BCUT2D eigenvalue weighted by Gasteiger charge is 2.09. The van der Waals surface area contributed by atoms with Gasteiger partial charge in [0.2, 0.25) is 0 Å². The molecule has 0 aliphatic carbocycles. The van der Waals surface area contributed by atoms with Crippen LogP contribution in [-0.2, 0) is 11.2 Å². The van der Waals surface area contributed by atoms with Crippen LogP contribution >= 0.6 is 11.3 Å². The van der Waals surface area contributed by atoms with E-state index in [4.69, 9.17) is 4.74 Å². The Bertz CT molecular complexity index is 560. The number of hydrogen-bond donors (Lipinski definition) is 3. The van der Waals surface area contributed by atoms with Gasteiger partial charge in [0.15, 0.2) is 11.5 Å². The molecule has 20 heavy (non-hydrogen) atoms. The Balaban J connectivity index is 1.93. The Morgan fingerprint density at radius 3 is 2.80 bits per heavy atom. The van der Waals surface area contributed by atoms with Gasteiger partial charge < -0.3 is 20.3 Å². The van der Waals surface area contributed by atoms with Crippen molar-refractivity contribution in [3.63, 3.8) is 0 Å². The second-order valence-corrected chi connectivity index (χ2v) is 5.26. The summed E-state index contributed by atoms with van der Waals surface area (Å²) in [6, 6.07) is 4.63. The standard InChI is InChI=1S/C13H17N3O3S/c1-19-7-6-14-5-4-12-15-16-13(20-12)9-2-3-10(17)11(18)8-9/h2-3,8,14,17-18H,4-7H2,1H3. The van der Waals surface area contributed by atoms with E-state index >= 15 is 0 Å². The molecule has 1 aromatic carbocycles. The maximum Gasteiger partial charge on any atom is 0.158 e. The molecule has 108 valence electrons. The van der Waals surface area contributed by atoms with Crippen LogP contribution < -0.4 is 5.32 Å². The average Bonchev–Trinajstić information content (AvgIpc) is 2.90. The highest BCUT2D eigenvalue weighted by Crippen LogP contribution is 2.31. The molecule has 1 aromatic heterocycles. The van der Waals surface area contributed by atoms with Crippen LogP contribution in [0.25, 0.3) is 10.6 Å². The minimum absolute atomic E-state index is 0.138. The molecule has 0 saturated carbocycles. The van der Waals surface area contributed by atoms with Crippen molar-refractivity contribution in [1.29, 1.82) is 0 Å². The molecule has 6 nitrogen and oxygen atoms in total. The Labute approximate surface area is 121 Å². The van der Waals surface area contributed by atoms with Gasteiger partial charge in [-0.05, 0) is 18.2 Å². The molecule has 2 rings (SSSR count).